The van der Waals surface area contributed by atoms with Gasteiger partial charge in [0.15, 0.2) is 0 Å². The largest absolute Gasteiger partial charge is 0.231 e. The molecule has 26 heavy (non-hydrogen) atoms. The molecule has 0 bridgehead atoms. The molecule has 0 spiro atoms. The third-order valence-corrected chi connectivity index (χ3v) is 3.01. The fraction of sp³-hybridized carbons (Fsp3) is 0.111. The Balaban J connectivity index is 0. The van der Waals surface area contributed by atoms with Crippen LogP contribution in [0, 0.1) is 28.6 Å². The average Bonchev–Trinajstić information content (AvgIpc) is 2.61. The lowest BCUT2D eigenvalue weighted by Crippen LogP contribution is -1.93. The monoisotopic (exact) mass is 352 g/mol. The van der Waals surface area contributed by atoms with E-state index < -0.39 is 0 Å². The molecule has 1 aliphatic rings. The number of carbonyl (C=O) groups excluding carboxylic acids is 4. The summed E-state index contributed by atoms with van der Waals surface area (Å²) < 4.78 is 0. The minimum Gasteiger partial charge on any atom is -0.222 e. The van der Waals surface area contributed by atoms with E-state index in [0.29, 0.717) is 0 Å². The van der Waals surface area contributed by atoms with Crippen molar-refractivity contribution in [1.82, 2.24) is 0 Å². The first-order chi connectivity index (χ1) is 12.5. The van der Waals surface area contributed by atoms with Crippen molar-refractivity contribution in [3.63, 3.8) is 0 Å². The van der Waals surface area contributed by atoms with Crippen molar-refractivity contribution in [1.29, 1.82) is 21.6 Å². The van der Waals surface area contributed by atoms with Crippen LogP contribution in [-0.4, -0.2) is 24.3 Å². The summed E-state index contributed by atoms with van der Waals surface area (Å²) in [5.74, 6) is 0. The SMILES string of the molecule is Cc1ccc2c3c(cccc13)CC=C2.N=C=O.N=C=O.N=C=O.N=C=O. The first kappa shape index (κ1) is 24.2. The van der Waals surface area contributed by atoms with Gasteiger partial charge in [0.05, 0.1) is 0 Å². The van der Waals surface area contributed by atoms with Gasteiger partial charge in [-0.05, 0) is 40.8 Å². The lowest BCUT2D eigenvalue weighted by atomic mass is 9.91. The van der Waals surface area contributed by atoms with Crippen molar-refractivity contribution in [2.24, 2.45) is 0 Å². The molecule has 0 radical (unpaired) electrons. The summed E-state index contributed by atoms with van der Waals surface area (Å²) in [5.41, 5.74) is 4.21. The van der Waals surface area contributed by atoms with Gasteiger partial charge in [-0.3, -0.25) is 0 Å². The van der Waals surface area contributed by atoms with Crippen molar-refractivity contribution < 1.29 is 19.2 Å². The Labute approximate surface area is 149 Å². The number of isocyanates is 4. The second kappa shape index (κ2) is 15.8. The average molecular weight is 352 g/mol. The smallest absolute Gasteiger partial charge is 0.222 e. The highest BCUT2D eigenvalue weighted by molar-refractivity contribution is 5.96. The maximum absolute atomic E-state index is 8.35. The van der Waals surface area contributed by atoms with Gasteiger partial charge in [-0.15, -0.1) is 0 Å². The van der Waals surface area contributed by atoms with E-state index in [0.717, 1.165) is 30.7 Å². The van der Waals surface area contributed by atoms with Crippen LogP contribution in [0.15, 0.2) is 36.4 Å². The Kier molecular flexibility index (Phi) is 14.8. The summed E-state index contributed by atoms with van der Waals surface area (Å²) in [6.45, 7) is 2.18. The highest BCUT2D eigenvalue weighted by atomic mass is 16.1. The van der Waals surface area contributed by atoms with E-state index in [-0.39, 0.29) is 0 Å². The van der Waals surface area contributed by atoms with E-state index in [1.165, 1.54) is 27.5 Å². The molecule has 0 saturated heterocycles. The van der Waals surface area contributed by atoms with Crippen LogP contribution in [0.3, 0.4) is 0 Å². The van der Waals surface area contributed by atoms with Gasteiger partial charge in [-0.1, -0.05) is 42.5 Å². The molecule has 0 fully saturated rings. The fourth-order valence-corrected chi connectivity index (χ4v) is 2.28. The Morgan fingerprint density at radius 2 is 1.31 bits per heavy atom. The van der Waals surface area contributed by atoms with Crippen LogP contribution in [0.1, 0.15) is 16.7 Å². The predicted octanol–water partition coefficient (Wildman–Crippen LogP) is 3.32. The lowest BCUT2D eigenvalue weighted by molar-refractivity contribution is 0.562. The van der Waals surface area contributed by atoms with Gasteiger partial charge in [0.2, 0.25) is 24.3 Å². The van der Waals surface area contributed by atoms with Crippen LogP contribution in [0.2, 0.25) is 0 Å². The normalized spacial score (nSPS) is 8.50. The number of rotatable bonds is 0. The molecule has 0 saturated carbocycles. The number of hydrogen-bond donors (Lipinski definition) is 4. The van der Waals surface area contributed by atoms with Crippen LogP contribution in [-0.2, 0) is 25.6 Å². The van der Waals surface area contributed by atoms with E-state index in [9.17, 15) is 0 Å². The molecule has 1 aliphatic carbocycles. The highest BCUT2D eigenvalue weighted by Gasteiger charge is 2.08. The van der Waals surface area contributed by atoms with Crippen LogP contribution in [0.5, 0.6) is 0 Å². The third-order valence-electron chi connectivity index (χ3n) is 3.01. The zero-order valence-electron chi connectivity index (χ0n) is 13.9. The van der Waals surface area contributed by atoms with Gasteiger partial charge in [0.25, 0.3) is 0 Å². The number of allylic oxidation sites excluding steroid dienone is 1. The molecule has 0 aliphatic heterocycles. The van der Waals surface area contributed by atoms with Gasteiger partial charge in [0.1, 0.15) is 0 Å². The summed E-state index contributed by atoms with van der Waals surface area (Å²) >= 11 is 0. The molecule has 0 atom stereocenters. The standard InChI is InChI=1S/C14H12.4CHNO/c1-10-8-9-12-5-2-4-11-6-3-7-13(10)14(11)12;4*2-1-3/h2-3,5-9H,4H2,1H3;4*2H. The second-order valence-electron chi connectivity index (χ2n) is 4.33. The molecule has 4 N–H and O–H groups in total. The zero-order chi connectivity index (χ0) is 20.4. The molecule has 2 aromatic carbocycles. The minimum atomic E-state index is 0.750. The Morgan fingerprint density at radius 3 is 1.81 bits per heavy atom. The van der Waals surface area contributed by atoms with Crippen molar-refractivity contribution in [2.75, 3.05) is 0 Å². The maximum Gasteiger partial charge on any atom is 0.231 e. The molecule has 3 rings (SSSR count). The predicted molar refractivity (Wildman–Crippen MR) is 95.1 cm³/mol. The van der Waals surface area contributed by atoms with Crippen LogP contribution < -0.4 is 0 Å². The maximum atomic E-state index is 8.35. The third kappa shape index (κ3) is 8.56. The molecule has 8 nitrogen and oxygen atoms in total. The number of nitrogens with one attached hydrogen (secondary N) is 4. The molecule has 8 heteroatoms. The Bertz CT molecular complexity index is 831. The highest BCUT2D eigenvalue weighted by Crippen LogP contribution is 2.30. The first-order valence-corrected chi connectivity index (χ1v) is 6.86. The summed E-state index contributed by atoms with van der Waals surface area (Å²) in [4.78, 5) is 33.4. The fourth-order valence-electron chi connectivity index (χ4n) is 2.28. The second-order valence-corrected chi connectivity index (χ2v) is 4.33. The molecule has 2 aromatic rings. The van der Waals surface area contributed by atoms with Crippen molar-refractivity contribution >= 4 is 41.2 Å². The molecule has 132 valence electrons. The molecule has 0 heterocycles. The minimum absolute atomic E-state index is 0.750. The molecule has 0 amide bonds. The molecule has 0 unspecified atom stereocenters. The molecular formula is C18H16N4O4. The van der Waals surface area contributed by atoms with E-state index in [4.69, 9.17) is 40.8 Å². The summed E-state index contributed by atoms with van der Waals surface area (Å²) in [5, 5.41) is 24.5. The van der Waals surface area contributed by atoms with Crippen LogP contribution >= 0.6 is 0 Å². The summed E-state index contributed by atoms with van der Waals surface area (Å²) in [6.07, 6.45) is 8.55. The number of benzene rings is 2. The van der Waals surface area contributed by atoms with Gasteiger partial charge in [0, 0.05) is 0 Å². The van der Waals surface area contributed by atoms with E-state index in [1.807, 2.05) is 0 Å². The van der Waals surface area contributed by atoms with Crippen LogP contribution in [0.4, 0.5) is 0 Å². The van der Waals surface area contributed by atoms with Crippen molar-refractivity contribution in [3.8, 4) is 0 Å². The molecular weight excluding hydrogens is 336 g/mol. The Morgan fingerprint density at radius 1 is 0.808 bits per heavy atom. The number of hydrogen-bond acceptors (Lipinski definition) is 8. The van der Waals surface area contributed by atoms with E-state index >= 15 is 0 Å². The summed E-state index contributed by atoms with van der Waals surface area (Å²) in [6, 6.07) is 11.0. The van der Waals surface area contributed by atoms with Gasteiger partial charge >= 0.3 is 0 Å². The van der Waals surface area contributed by atoms with E-state index in [1.54, 1.807) is 0 Å². The lowest BCUT2D eigenvalue weighted by Gasteiger charge is -2.13. The van der Waals surface area contributed by atoms with Crippen LogP contribution in [0.25, 0.3) is 16.8 Å². The van der Waals surface area contributed by atoms with Gasteiger partial charge in [-0.25, -0.2) is 40.8 Å². The van der Waals surface area contributed by atoms with Gasteiger partial charge in [-0.2, -0.15) is 0 Å². The topological polar surface area (TPSA) is 164 Å². The number of aryl methyl sites for hydroxylation is 1. The van der Waals surface area contributed by atoms with Gasteiger partial charge < -0.3 is 0 Å². The van der Waals surface area contributed by atoms with Crippen molar-refractivity contribution in [2.45, 2.75) is 13.3 Å². The quantitative estimate of drug-likeness (QED) is 0.422. The van der Waals surface area contributed by atoms with E-state index in [2.05, 4.69) is 49.4 Å². The molecule has 0 aromatic heterocycles. The van der Waals surface area contributed by atoms with Crippen molar-refractivity contribution in [3.05, 3.63) is 53.1 Å². The first-order valence-electron chi connectivity index (χ1n) is 6.86. The summed E-state index contributed by atoms with van der Waals surface area (Å²) in [7, 11) is 0. The Hall–Kier alpha value is -4.04. The zero-order valence-corrected chi connectivity index (χ0v) is 13.9.